The summed E-state index contributed by atoms with van der Waals surface area (Å²) in [5.41, 5.74) is 0. The van der Waals surface area contributed by atoms with Gasteiger partial charge in [0, 0.05) is 6.54 Å². The number of hydrogen-bond acceptors (Lipinski definition) is 5. The molecule has 0 spiro atoms. The Kier molecular flexibility index (Phi) is 3.21. The summed E-state index contributed by atoms with van der Waals surface area (Å²) in [6.45, 7) is 0.900. The molecule has 1 aromatic heterocycles. The topological polar surface area (TPSA) is 88.5 Å². The van der Waals surface area contributed by atoms with E-state index in [1.54, 1.807) is 6.07 Å². The number of nitrogens with zero attached hydrogens (tertiary/aromatic N) is 1. The minimum Gasteiger partial charge on any atom is -0.404 e. The van der Waals surface area contributed by atoms with Gasteiger partial charge in [0.1, 0.15) is 10.7 Å². The molecule has 1 unspecified atom stereocenters. The molecular weight excluding hydrogens is 212 g/mol. The molecule has 2 rings (SSSR count). The highest BCUT2D eigenvalue weighted by atomic mass is 16.6. The van der Waals surface area contributed by atoms with E-state index in [0.717, 1.165) is 12.8 Å². The first-order valence-electron chi connectivity index (χ1n) is 5.28. The molecule has 0 aromatic carbocycles. The molecule has 1 atom stereocenters. The van der Waals surface area contributed by atoms with Crippen LogP contribution in [0.2, 0.25) is 0 Å². The summed E-state index contributed by atoms with van der Waals surface area (Å²) in [5.74, 6) is 0.688. The summed E-state index contributed by atoms with van der Waals surface area (Å²) in [7, 11) is 0. The normalized spacial score (nSPS) is 17.3. The standard InChI is InChI=1S/C10H14N2O4/c13-9(7-1-2-7)6-11-5-8-3-4-10(16-8)12(14)15/h3-4,7,9,11,13H,1-2,5-6H2. The molecule has 1 heterocycles. The molecule has 0 aliphatic heterocycles. The van der Waals surface area contributed by atoms with Crippen LogP contribution in [0.5, 0.6) is 0 Å². The first-order chi connectivity index (χ1) is 7.66. The fraction of sp³-hybridized carbons (Fsp3) is 0.600. The summed E-state index contributed by atoms with van der Waals surface area (Å²) in [6.07, 6.45) is 1.87. The maximum absolute atomic E-state index is 10.3. The second-order valence-corrected chi connectivity index (χ2v) is 4.03. The lowest BCUT2D eigenvalue weighted by molar-refractivity contribution is -0.402. The SMILES string of the molecule is O=[N+]([O-])c1ccc(CNCC(O)C2CC2)o1. The average Bonchev–Trinajstić information content (AvgIpc) is 2.98. The molecule has 1 aliphatic rings. The third kappa shape index (κ3) is 2.80. The number of nitro groups is 1. The first-order valence-corrected chi connectivity index (χ1v) is 5.28. The molecule has 0 radical (unpaired) electrons. The van der Waals surface area contributed by atoms with Gasteiger partial charge in [-0.1, -0.05) is 0 Å². The largest absolute Gasteiger partial charge is 0.433 e. The number of aliphatic hydroxyl groups is 1. The van der Waals surface area contributed by atoms with E-state index < -0.39 is 4.92 Å². The molecule has 88 valence electrons. The van der Waals surface area contributed by atoms with Crippen LogP contribution in [-0.4, -0.2) is 22.7 Å². The third-order valence-electron chi connectivity index (χ3n) is 2.65. The van der Waals surface area contributed by atoms with Crippen molar-refractivity contribution in [1.82, 2.24) is 5.32 Å². The molecule has 1 saturated carbocycles. The molecule has 0 amide bonds. The van der Waals surface area contributed by atoms with Crippen LogP contribution in [0.3, 0.4) is 0 Å². The maximum Gasteiger partial charge on any atom is 0.433 e. The third-order valence-corrected chi connectivity index (χ3v) is 2.65. The number of aliphatic hydroxyl groups excluding tert-OH is 1. The van der Waals surface area contributed by atoms with Crippen molar-refractivity contribution in [3.8, 4) is 0 Å². The van der Waals surface area contributed by atoms with Gasteiger partial charge in [-0.15, -0.1) is 0 Å². The summed E-state index contributed by atoms with van der Waals surface area (Å²) >= 11 is 0. The van der Waals surface area contributed by atoms with Gasteiger partial charge in [0.2, 0.25) is 0 Å². The van der Waals surface area contributed by atoms with E-state index in [4.69, 9.17) is 4.42 Å². The fourth-order valence-corrected chi connectivity index (χ4v) is 1.55. The van der Waals surface area contributed by atoms with E-state index in [0.29, 0.717) is 24.8 Å². The second kappa shape index (κ2) is 4.63. The van der Waals surface area contributed by atoms with E-state index in [-0.39, 0.29) is 12.0 Å². The van der Waals surface area contributed by atoms with Crippen molar-refractivity contribution >= 4 is 5.88 Å². The van der Waals surface area contributed by atoms with Gasteiger partial charge in [-0.05, 0) is 24.8 Å². The minimum absolute atomic E-state index is 0.250. The van der Waals surface area contributed by atoms with Crippen molar-refractivity contribution in [3.05, 3.63) is 28.0 Å². The zero-order chi connectivity index (χ0) is 11.5. The van der Waals surface area contributed by atoms with Crippen molar-refractivity contribution in [2.24, 2.45) is 5.92 Å². The molecule has 1 aliphatic carbocycles. The molecule has 1 fully saturated rings. The summed E-state index contributed by atoms with van der Waals surface area (Å²) < 4.78 is 4.96. The van der Waals surface area contributed by atoms with Crippen LogP contribution < -0.4 is 5.32 Å². The van der Waals surface area contributed by atoms with Crippen LogP contribution in [0.25, 0.3) is 0 Å². The summed E-state index contributed by atoms with van der Waals surface area (Å²) in [6, 6.07) is 2.89. The highest BCUT2D eigenvalue weighted by Gasteiger charge is 2.29. The molecule has 2 N–H and O–H groups in total. The van der Waals surface area contributed by atoms with Gasteiger partial charge in [-0.3, -0.25) is 10.1 Å². The van der Waals surface area contributed by atoms with Gasteiger partial charge in [-0.25, -0.2) is 0 Å². The van der Waals surface area contributed by atoms with Crippen LogP contribution in [-0.2, 0) is 6.54 Å². The Morgan fingerprint density at radius 3 is 2.94 bits per heavy atom. The lowest BCUT2D eigenvalue weighted by Crippen LogP contribution is -2.27. The van der Waals surface area contributed by atoms with Crippen LogP contribution in [0.15, 0.2) is 16.5 Å². The molecule has 0 bridgehead atoms. The predicted octanol–water partition coefficient (Wildman–Crippen LogP) is 1.05. The van der Waals surface area contributed by atoms with E-state index in [2.05, 4.69) is 5.32 Å². The molecule has 16 heavy (non-hydrogen) atoms. The van der Waals surface area contributed by atoms with Crippen molar-refractivity contribution in [2.75, 3.05) is 6.54 Å². The highest BCUT2D eigenvalue weighted by molar-refractivity contribution is 5.17. The molecule has 1 aromatic rings. The Balaban J connectivity index is 1.73. The number of rotatable bonds is 6. The van der Waals surface area contributed by atoms with Crippen LogP contribution in [0, 0.1) is 16.0 Å². The van der Waals surface area contributed by atoms with Gasteiger partial charge in [0.25, 0.3) is 0 Å². The smallest absolute Gasteiger partial charge is 0.404 e. The molecule has 6 nitrogen and oxygen atoms in total. The molecule has 6 heteroatoms. The number of hydrogen-bond donors (Lipinski definition) is 2. The van der Waals surface area contributed by atoms with E-state index in [1.807, 2.05) is 0 Å². The van der Waals surface area contributed by atoms with Crippen molar-refractivity contribution in [3.63, 3.8) is 0 Å². The minimum atomic E-state index is -0.567. The van der Waals surface area contributed by atoms with Gasteiger partial charge in [0.15, 0.2) is 0 Å². The Bertz CT molecular complexity index is 373. The second-order valence-electron chi connectivity index (χ2n) is 4.03. The highest BCUT2D eigenvalue weighted by Crippen LogP contribution is 2.32. The summed E-state index contributed by atoms with van der Waals surface area (Å²) in [5, 5.41) is 22.9. The zero-order valence-corrected chi connectivity index (χ0v) is 8.76. The molecular formula is C10H14N2O4. The molecule has 0 saturated heterocycles. The lowest BCUT2D eigenvalue weighted by Gasteiger charge is -2.08. The number of nitrogens with one attached hydrogen (secondary N) is 1. The Hall–Kier alpha value is -1.40. The van der Waals surface area contributed by atoms with Gasteiger partial charge in [-0.2, -0.15) is 0 Å². The fourth-order valence-electron chi connectivity index (χ4n) is 1.55. The predicted molar refractivity (Wildman–Crippen MR) is 55.8 cm³/mol. The zero-order valence-electron chi connectivity index (χ0n) is 8.76. The number of furan rings is 1. The van der Waals surface area contributed by atoms with E-state index in [9.17, 15) is 15.2 Å². The Morgan fingerprint density at radius 1 is 1.62 bits per heavy atom. The van der Waals surface area contributed by atoms with Gasteiger partial charge < -0.3 is 14.8 Å². The monoisotopic (exact) mass is 226 g/mol. The Morgan fingerprint density at radius 2 is 2.38 bits per heavy atom. The van der Waals surface area contributed by atoms with Crippen LogP contribution >= 0.6 is 0 Å². The average molecular weight is 226 g/mol. The van der Waals surface area contributed by atoms with Crippen molar-refractivity contribution < 1.29 is 14.4 Å². The van der Waals surface area contributed by atoms with Gasteiger partial charge >= 0.3 is 5.88 Å². The first kappa shape index (κ1) is 11.1. The van der Waals surface area contributed by atoms with Crippen LogP contribution in [0.1, 0.15) is 18.6 Å². The van der Waals surface area contributed by atoms with E-state index in [1.165, 1.54) is 6.07 Å². The lowest BCUT2D eigenvalue weighted by atomic mass is 10.2. The maximum atomic E-state index is 10.3. The van der Waals surface area contributed by atoms with Crippen LogP contribution in [0.4, 0.5) is 5.88 Å². The quantitative estimate of drug-likeness (QED) is 0.559. The Labute approximate surface area is 92.4 Å². The van der Waals surface area contributed by atoms with Gasteiger partial charge in [0.05, 0.1) is 18.7 Å². The van der Waals surface area contributed by atoms with Crippen molar-refractivity contribution in [1.29, 1.82) is 0 Å². The van der Waals surface area contributed by atoms with Crippen molar-refractivity contribution in [2.45, 2.75) is 25.5 Å². The van der Waals surface area contributed by atoms with E-state index >= 15 is 0 Å². The summed E-state index contributed by atoms with van der Waals surface area (Å²) in [4.78, 5) is 9.78.